The molecule has 0 bridgehead atoms. The van der Waals surface area contributed by atoms with Gasteiger partial charge in [-0.2, -0.15) is 0 Å². The van der Waals surface area contributed by atoms with Crippen molar-refractivity contribution in [3.63, 3.8) is 0 Å². The minimum Gasteiger partial charge on any atom is -0.496 e. The summed E-state index contributed by atoms with van der Waals surface area (Å²) in [7, 11) is 3.24. The van der Waals surface area contributed by atoms with Gasteiger partial charge in [0.25, 0.3) is 0 Å². The van der Waals surface area contributed by atoms with E-state index >= 15 is 0 Å². The molecule has 0 saturated carbocycles. The van der Waals surface area contributed by atoms with Gasteiger partial charge in [-0.25, -0.2) is 0 Å². The van der Waals surface area contributed by atoms with Crippen LogP contribution < -0.4 is 15.2 Å². The molecule has 0 amide bonds. The normalized spacial score (nSPS) is 10.3. The molecular formula is C11H16ClNO2S. The first-order valence-electron chi connectivity index (χ1n) is 4.87. The molecule has 0 heterocycles. The van der Waals surface area contributed by atoms with Crippen LogP contribution in [0.5, 0.6) is 11.5 Å². The third-order valence-electron chi connectivity index (χ3n) is 2.26. The van der Waals surface area contributed by atoms with Gasteiger partial charge in [-0.05, 0) is 25.3 Å². The predicted molar refractivity (Wildman–Crippen MR) is 69.1 cm³/mol. The van der Waals surface area contributed by atoms with Crippen LogP contribution in [-0.4, -0.2) is 27.0 Å². The van der Waals surface area contributed by atoms with Gasteiger partial charge < -0.3 is 15.2 Å². The largest absolute Gasteiger partial charge is 0.496 e. The molecular weight excluding hydrogens is 246 g/mol. The van der Waals surface area contributed by atoms with Crippen molar-refractivity contribution in [3.8, 4) is 11.5 Å². The smallest absolute Gasteiger partial charge is 0.142 e. The van der Waals surface area contributed by atoms with Crippen molar-refractivity contribution in [2.24, 2.45) is 5.73 Å². The number of hydrogen-bond donors (Lipinski definition) is 1. The van der Waals surface area contributed by atoms with Crippen LogP contribution in [0, 0.1) is 0 Å². The maximum absolute atomic E-state index is 6.27. The Morgan fingerprint density at radius 3 is 2.50 bits per heavy atom. The van der Waals surface area contributed by atoms with Gasteiger partial charge in [-0.15, -0.1) is 11.8 Å². The molecule has 0 aliphatic heterocycles. The summed E-state index contributed by atoms with van der Waals surface area (Å²) in [6.45, 7) is 0.550. The van der Waals surface area contributed by atoms with Gasteiger partial charge in [-0.1, -0.05) is 11.6 Å². The number of methoxy groups -OCH3 is 2. The monoisotopic (exact) mass is 261 g/mol. The van der Waals surface area contributed by atoms with Crippen molar-refractivity contribution in [1.82, 2.24) is 0 Å². The van der Waals surface area contributed by atoms with Crippen molar-refractivity contribution in [2.75, 3.05) is 27.0 Å². The Hall–Kier alpha value is -0.580. The van der Waals surface area contributed by atoms with Crippen molar-refractivity contribution < 1.29 is 9.47 Å². The molecule has 1 rings (SSSR count). The summed E-state index contributed by atoms with van der Waals surface area (Å²) >= 11 is 7.80. The summed E-state index contributed by atoms with van der Waals surface area (Å²) in [5, 5.41) is 0.595. The third-order valence-corrected chi connectivity index (χ3v) is 3.55. The first kappa shape index (κ1) is 13.5. The lowest BCUT2D eigenvalue weighted by Crippen LogP contribution is -2.05. The number of ether oxygens (including phenoxy) is 2. The highest BCUT2D eigenvalue weighted by molar-refractivity contribution is 7.98. The van der Waals surface area contributed by atoms with Crippen LogP contribution in [0.4, 0.5) is 0 Å². The van der Waals surface area contributed by atoms with Crippen LogP contribution >= 0.6 is 23.4 Å². The highest BCUT2D eigenvalue weighted by Crippen LogP contribution is 2.43. The standard InChI is InChI=1S/C11H16ClNO2S/c1-14-8-6-7(4-5-13)10(15-2)9(12)11(8)16-3/h6H,4-5,13H2,1-3H3. The fourth-order valence-electron chi connectivity index (χ4n) is 1.55. The van der Waals surface area contributed by atoms with Gasteiger partial charge in [0, 0.05) is 5.56 Å². The van der Waals surface area contributed by atoms with Crippen LogP contribution in [0.2, 0.25) is 5.02 Å². The van der Waals surface area contributed by atoms with Crippen LogP contribution in [-0.2, 0) is 6.42 Å². The quantitative estimate of drug-likeness (QED) is 0.828. The lowest BCUT2D eigenvalue weighted by molar-refractivity contribution is 0.391. The highest BCUT2D eigenvalue weighted by Gasteiger charge is 2.17. The van der Waals surface area contributed by atoms with Crippen molar-refractivity contribution >= 4 is 23.4 Å². The fourth-order valence-corrected chi connectivity index (χ4v) is 2.68. The Labute approximate surface area is 105 Å². The van der Waals surface area contributed by atoms with E-state index in [1.54, 1.807) is 14.2 Å². The van der Waals surface area contributed by atoms with E-state index in [1.165, 1.54) is 11.8 Å². The number of halogens is 1. The van der Waals surface area contributed by atoms with Crippen molar-refractivity contribution in [2.45, 2.75) is 11.3 Å². The maximum atomic E-state index is 6.27. The van der Waals surface area contributed by atoms with Gasteiger partial charge in [0.15, 0.2) is 0 Å². The van der Waals surface area contributed by atoms with Gasteiger partial charge in [0.05, 0.1) is 19.1 Å². The number of hydrogen-bond acceptors (Lipinski definition) is 4. The molecule has 1 aromatic carbocycles. The molecule has 0 saturated heterocycles. The molecule has 3 nitrogen and oxygen atoms in total. The molecule has 0 atom stereocenters. The second-order valence-corrected chi connectivity index (χ2v) is 4.35. The van der Waals surface area contributed by atoms with E-state index in [2.05, 4.69) is 0 Å². The van der Waals surface area contributed by atoms with Crippen molar-refractivity contribution in [1.29, 1.82) is 0 Å². The summed E-state index contributed by atoms with van der Waals surface area (Å²) < 4.78 is 10.6. The Balaban J connectivity index is 3.35. The minimum atomic E-state index is 0.550. The zero-order valence-corrected chi connectivity index (χ0v) is 11.2. The Bertz CT molecular complexity index is 371. The average Bonchev–Trinajstić information content (AvgIpc) is 2.29. The molecule has 0 spiro atoms. The molecule has 1 aromatic rings. The van der Waals surface area contributed by atoms with E-state index in [9.17, 15) is 0 Å². The van der Waals surface area contributed by atoms with Crippen LogP contribution in [0.3, 0.4) is 0 Å². The minimum absolute atomic E-state index is 0.550. The molecule has 0 fully saturated rings. The van der Waals surface area contributed by atoms with Crippen molar-refractivity contribution in [3.05, 3.63) is 16.7 Å². The summed E-state index contributed by atoms with van der Waals surface area (Å²) in [5.41, 5.74) is 6.53. The number of rotatable bonds is 5. The zero-order valence-electron chi connectivity index (χ0n) is 9.67. The number of thioether (sulfide) groups is 1. The van der Waals surface area contributed by atoms with E-state index in [0.717, 1.165) is 16.2 Å². The van der Waals surface area contributed by atoms with Gasteiger partial charge in [-0.3, -0.25) is 0 Å². The summed E-state index contributed by atoms with van der Waals surface area (Å²) in [5.74, 6) is 1.46. The molecule has 0 aromatic heterocycles. The highest BCUT2D eigenvalue weighted by atomic mass is 35.5. The maximum Gasteiger partial charge on any atom is 0.142 e. The van der Waals surface area contributed by atoms with Crippen LogP contribution in [0.15, 0.2) is 11.0 Å². The molecule has 0 aliphatic carbocycles. The van der Waals surface area contributed by atoms with E-state index in [4.69, 9.17) is 26.8 Å². The topological polar surface area (TPSA) is 44.5 Å². The third kappa shape index (κ3) is 2.56. The van der Waals surface area contributed by atoms with Gasteiger partial charge in [0.2, 0.25) is 0 Å². The lowest BCUT2D eigenvalue weighted by atomic mass is 10.1. The first-order chi connectivity index (χ1) is 7.69. The van der Waals surface area contributed by atoms with E-state index in [0.29, 0.717) is 23.7 Å². The molecule has 0 radical (unpaired) electrons. The van der Waals surface area contributed by atoms with E-state index in [-0.39, 0.29) is 0 Å². The van der Waals surface area contributed by atoms with E-state index in [1.807, 2.05) is 12.3 Å². The summed E-state index contributed by atoms with van der Waals surface area (Å²) in [6.07, 6.45) is 2.67. The average molecular weight is 262 g/mol. The number of nitrogens with two attached hydrogens (primary N) is 1. The van der Waals surface area contributed by atoms with Crippen LogP contribution in [0.1, 0.15) is 5.56 Å². The second kappa shape index (κ2) is 6.23. The predicted octanol–water partition coefficient (Wildman–Crippen LogP) is 2.58. The Morgan fingerprint density at radius 2 is 2.06 bits per heavy atom. The molecule has 90 valence electrons. The van der Waals surface area contributed by atoms with Gasteiger partial charge >= 0.3 is 0 Å². The fraction of sp³-hybridized carbons (Fsp3) is 0.455. The molecule has 16 heavy (non-hydrogen) atoms. The Kier molecular flexibility index (Phi) is 5.25. The zero-order chi connectivity index (χ0) is 12.1. The Morgan fingerprint density at radius 1 is 1.38 bits per heavy atom. The summed E-state index contributed by atoms with van der Waals surface area (Å²) in [6, 6.07) is 1.93. The number of benzene rings is 1. The molecule has 0 aliphatic rings. The van der Waals surface area contributed by atoms with E-state index < -0.39 is 0 Å². The molecule has 0 unspecified atom stereocenters. The van der Waals surface area contributed by atoms with Crippen LogP contribution in [0.25, 0.3) is 0 Å². The molecule has 2 N–H and O–H groups in total. The molecule has 5 heteroatoms. The summed E-state index contributed by atoms with van der Waals surface area (Å²) in [4.78, 5) is 0.891. The van der Waals surface area contributed by atoms with Gasteiger partial charge in [0.1, 0.15) is 16.5 Å². The first-order valence-corrected chi connectivity index (χ1v) is 6.47. The lowest BCUT2D eigenvalue weighted by Gasteiger charge is -2.15. The second-order valence-electron chi connectivity index (χ2n) is 3.16. The SMILES string of the molecule is COc1cc(CCN)c(OC)c(Cl)c1SC.